The Balaban J connectivity index is 1.57. The van der Waals surface area contributed by atoms with Crippen LogP contribution >= 0.6 is 11.8 Å². The Bertz CT molecular complexity index is 1130. The van der Waals surface area contributed by atoms with Crippen LogP contribution in [-0.2, 0) is 9.59 Å². The van der Waals surface area contributed by atoms with Gasteiger partial charge in [0, 0.05) is 30.2 Å². The molecule has 2 aromatic rings. The van der Waals surface area contributed by atoms with Gasteiger partial charge in [0.1, 0.15) is 6.54 Å². The topological polar surface area (TPSA) is 62.6 Å². The third kappa shape index (κ3) is 4.26. The lowest BCUT2D eigenvalue weighted by Crippen LogP contribution is -2.44. The fraction of sp³-hybridized carbons (Fsp3) is 0.400. The maximum absolute atomic E-state index is 12.9. The number of piperidine rings is 1. The molecule has 0 spiro atoms. The van der Waals surface area contributed by atoms with E-state index in [1.807, 2.05) is 19.9 Å². The van der Waals surface area contributed by atoms with Crippen molar-refractivity contribution in [2.45, 2.75) is 47.0 Å². The van der Waals surface area contributed by atoms with E-state index in [0.717, 1.165) is 58.6 Å². The van der Waals surface area contributed by atoms with Gasteiger partial charge in [0.2, 0.25) is 5.91 Å². The third-order valence-corrected chi connectivity index (χ3v) is 7.13. The molecule has 4 rings (SSSR count). The molecule has 0 unspecified atom stereocenters. The Morgan fingerprint density at radius 2 is 1.75 bits per heavy atom. The van der Waals surface area contributed by atoms with Gasteiger partial charge in [-0.05, 0) is 88.1 Å². The lowest BCUT2D eigenvalue weighted by molar-refractivity contribution is -0.136. The summed E-state index contributed by atoms with van der Waals surface area (Å²) >= 11 is 0.909. The van der Waals surface area contributed by atoms with Gasteiger partial charge in [-0.25, -0.2) is 0 Å². The first-order chi connectivity index (χ1) is 15.3. The number of hydrogen-bond donors (Lipinski definition) is 0. The number of hydrogen-bond acceptors (Lipinski definition) is 4. The molecular formula is C25H29N3O3S. The Hall–Kier alpha value is -2.80. The highest BCUT2D eigenvalue weighted by atomic mass is 32.2. The SMILES string of the molecule is Cc1ccc(-n2c(C)cc(/C=C3\SC(=O)N(CC(=O)N4CCCCC4)C3=O)c2C)c(C)c1. The van der Waals surface area contributed by atoms with Gasteiger partial charge >= 0.3 is 0 Å². The Morgan fingerprint density at radius 1 is 1.03 bits per heavy atom. The van der Waals surface area contributed by atoms with Gasteiger partial charge in [0.15, 0.2) is 0 Å². The summed E-state index contributed by atoms with van der Waals surface area (Å²) in [6, 6.07) is 8.38. The van der Waals surface area contributed by atoms with Gasteiger partial charge in [-0.3, -0.25) is 19.3 Å². The van der Waals surface area contributed by atoms with E-state index in [9.17, 15) is 14.4 Å². The van der Waals surface area contributed by atoms with E-state index in [1.165, 1.54) is 11.1 Å². The van der Waals surface area contributed by atoms with Gasteiger partial charge in [0.25, 0.3) is 11.1 Å². The predicted molar refractivity (Wildman–Crippen MR) is 128 cm³/mol. The molecule has 0 aliphatic carbocycles. The van der Waals surface area contributed by atoms with Crippen LogP contribution in [0.5, 0.6) is 0 Å². The summed E-state index contributed by atoms with van der Waals surface area (Å²) in [7, 11) is 0. The molecule has 2 aliphatic heterocycles. The van der Waals surface area contributed by atoms with Crippen LogP contribution in [0.2, 0.25) is 0 Å². The van der Waals surface area contributed by atoms with E-state index >= 15 is 0 Å². The van der Waals surface area contributed by atoms with E-state index in [-0.39, 0.29) is 23.6 Å². The van der Waals surface area contributed by atoms with Crippen LogP contribution in [0.1, 0.15) is 47.3 Å². The number of imide groups is 1. The molecule has 0 radical (unpaired) electrons. The summed E-state index contributed by atoms with van der Waals surface area (Å²) in [4.78, 5) is 41.2. The quantitative estimate of drug-likeness (QED) is 0.629. The van der Waals surface area contributed by atoms with Crippen molar-refractivity contribution < 1.29 is 14.4 Å². The van der Waals surface area contributed by atoms with Crippen LogP contribution < -0.4 is 0 Å². The number of aromatic nitrogens is 1. The number of likely N-dealkylation sites (tertiary alicyclic amines) is 1. The zero-order chi connectivity index (χ0) is 23.0. The summed E-state index contributed by atoms with van der Waals surface area (Å²) in [5.41, 5.74) is 6.45. The predicted octanol–water partition coefficient (Wildman–Crippen LogP) is 4.76. The zero-order valence-corrected chi connectivity index (χ0v) is 19.9. The van der Waals surface area contributed by atoms with E-state index in [1.54, 1.807) is 11.0 Å². The lowest BCUT2D eigenvalue weighted by atomic mass is 10.1. The molecular weight excluding hydrogens is 422 g/mol. The molecule has 2 saturated heterocycles. The van der Waals surface area contributed by atoms with Crippen molar-refractivity contribution in [1.29, 1.82) is 0 Å². The van der Waals surface area contributed by atoms with Crippen molar-refractivity contribution in [3.8, 4) is 5.69 Å². The van der Waals surface area contributed by atoms with Gasteiger partial charge in [0.05, 0.1) is 4.91 Å². The average molecular weight is 452 g/mol. The molecule has 1 aromatic heterocycles. The number of carbonyl (C=O) groups excluding carboxylic acids is 3. The normalized spacial score (nSPS) is 18.2. The number of nitrogens with zero attached hydrogens (tertiary/aromatic N) is 3. The molecule has 0 N–H and O–H groups in total. The highest BCUT2D eigenvalue weighted by molar-refractivity contribution is 8.18. The first-order valence-electron chi connectivity index (χ1n) is 11.1. The largest absolute Gasteiger partial charge is 0.341 e. The van der Waals surface area contributed by atoms with Crippen LogP contribution in [0.15, 0.2) is 29.2 Å². The Kier molecular flexibility index (Phi) is 6.29. The second kappa shape index (κ2) is 8.98. The van der Waals surface area contributed by atoms with E-state index in [2.05, 4.69) is 36.6 Å². The summed E-state index contributed by atoms with van der Waals surface area (Å²) in [5, 5.41) is -0.380. The molecule has 0 saturated carbocycles. The van der Waals surface area contributed by atoms with Crippen LogP contribution in [0, 0.1) is 27.7 Å². The molecule has 0 bridgehead atoms. The maximum Gasteiger partial charge on any atom is 0.294 e. The average Bonchev–Trinajstić information content (AvgIpc) is 3.18. The van der Waals surface area contributed by atoms with Crippen molar-refractivity contribution in [3.63, 3.8) is 0 Å². The zero-order valence-electron chi connectivity index (χ0n) is 19.1. The number of amides is 3. The van der Waals surface area contributed by atoms with Gasteiger partial charge in [-0.15, -0.1) is 0 Å². The first-order valence-corrected chi connectivity index (χ1v) is 11.9. The minimum Gasteiger partial charge on any atom is -0.341 e. The molecule has 3 heterocycles. The molecule has 168 valence electrons. The highest BCUT2D eigenvalue weighted by Crippen LogP contribution is 2.34. The standard InChI is InChI=1S/C25H29N3O3S/c1-16-8-9-21(17(2)12-16)28-18(3)13-20(19(28)4)14-22-24(30)27(25(31)32-22)15-23(29)26-10-6-5-7-11-26/h8-9,12-14H,5-7,10-11,15H2,1-4H3/b22-14-. The third-order valence-electron chi connectivity index (χ3n) is 6.23. The molecule has 0 atom stereocenters. The number of aryl methyl sites for hydroxylation is 3. The van der Waals surface area contributed by atoms with Gasteiger partial charge in [-0.1, -0.05) is 17.7 Å². The van der Waals surface area contributed by atoms with E-state index in [0.29, 0.717) is 18.0 Å². The van der Waals surface area contributed by atoms with Crippen LogP contribution in [-0.4, -0.2) is 51.1 Å². The number of thioether (sulfide) groups is 1. The van der Waals surface area contributed by atoms with Crippen molar-refractivity contribution in [3.05, 3.63) is 57.2 Å². The molecule has 6 nitrogen and oxygen atoms in total. The summed E-state index contributed by atoms with van der Waals surface area (Å²) in [5.74, 6) is -0.539. The van der Waals surface area contributed by atoms with Crippen molar-refractivity contribution in [1.82, 2.24) is 14.4 Å². The van der Waals surface area contributed by atoms with Gasteiger partial charge in [-0.2, -0.15) is 0 Å². The van der Waals surface area contributed by atoms with Crippen LogP contribution in [0.25, 0.3) is 11.8 Å². The lowest BCUT2D eigenvalue weighted by Gasteiger charge is -2.27. The van der Waals surface area contributed by atoms with Gasteiger partial charge < -0.3 is 9.47 Å². The summed E-state index contributed by atoms with van der Waals surface area (Å²) < 4.78 is 2.17. The number of rotatable bonds is 4. The number of benzene rings is 1. The molecule has 2 fully saturated rings. The monoisotopic (exact) mass is 451 g/mol. The Morgan fingerprint density at radius 3 is 2.44 bits per heavy atom. The molecule has 3 amide bonds. The molecule has 32 heavy (non-hydrogen) atoms. The molecule has 1 aromatic carbocycles. The second-order valence-corrected chi connectivity index (χ2v) is 9.65. The van der Waals surface area contributed by atoms with Crippen LogP contribution in [0.4, 0.5) is 4.79 Å². The van der Waals surface area contributed by atoms with Crippen molar-refractivity contribution in [2.75, 3.05) is 19.6 Å². The van der Waals surface area contributed by atoms with Crippen molar-refractivity contribution >= 4 is 34.9 Å². The van der Waals surface area contributed by atoms with E-state index < -0.39 is 0 Å². The highest BCUT2D eigenvalue weighted by Gasteiger charge is 2.37. The summed E-state index contributed by atoms with van der Waals surface area (Å²) in [6.07, 6.45) is 4.85. The Labute approximate surface area is 193 Å². The molecule has 7 heteroatoms. The number of carbonyl (C=O) groups is 3. The van der Waals surface area contributed by atoms with Crippen LogP contribution in [0.3, 0.4) is 0 Å². The first kappa shape index (κ1) is 22.4. The maximum atomic E-state index is 12.9. The fourth-order valence-corrected chi connectivity index (χ4v) is 5.35. The fourth-order valence-electron chi connectivity index (χ4n) is 4.52. The van der Waals surface area contributed by atoms with E-state index in [4.69, 9.17) is 0 Å². The minimum absolute atomic E-state index is 0.152. The second-order valence-electron chi connectivity index (χ2n) is 8.66. The summed E-state index contributed by atoms with van der Waals surface area (Å²) in [6.45, 7) is 9.44. The minimum atomic E-state index is -0.387. The van der Waals surface area contributed by atoms with Crippen molar-refractivity contribution in [2.24, 2.45) is 0 Å². The smallest absolute Gasteiger partial charge is 0.294 e. The molecule has 2 aliphatic rings.